The van der Waals surface area contributed by atoms with Crippen molar-refractivity contribution in [3.63, 3.8) is 0 Å². The van der Waals surface area contributed by atoms with Gasteiger partial charge in [0.1, 0.15) is 11.5 Å². The van der Waals surface area contributed by atoms with Gasteiger partial charge in [0.25, 0.3) is 0 Å². The minimum Gasteiger partial charge on any atom is -0.494 e. The van der Waals surface area contributed by atoms with Crippen molar-refractivity contribution in [1.29, 1.82) is 0 Å². The Bertz CT molecular complexity index is 1010. The molecule has 0 radical (unpaired) electrons. The van der Waals surface area contributed by atoms with Crippen LogP contribution in [0.15, 0.2) is 47.4 Å². The van der Waals surface area contributed by atoms with Crippen LogP contribution in [0.3, 0.4) is 0 Å². The first-order chi connectivity index (χ1) is 14.8. The van der Waals surface area contributed by atoms with Crippen molar-refractivity contribution in [3.8, 4) is 11.5 Å². The summed E-state index contributed by atoms with van der Waals surface area (Å²) >= 11 is 0. The molecular weight excluding hydrogens is 416 g/mol. The number of piperidine rings is 1. The number of hydrogen-bond donors (Lipinski definition) is 1. The lowest BCUT2D eigenvalue weighted by Gasteiger charge is -2.31. The van der Waals surface area contributed by atoms with Gasteiger partial charge in [-0.2, -0.15) is 4.31 Å². The average Bonchev–Trinajstić information content (AvgIpc) is 2.77. The summed E-state index contributed by atoms with van der Waals surface area (Å²) in [6, 6.07) is 12.0. The minimum atomic E-state index is -3.69. The van der Waals surface area contributed by atoms with Crippen molar-refractivity contribution in [2.24, 2.45) is 5.92 Å². The van der Waals surface area contributed by atoms with Crippen molar-refractivity contribution < 1.29 is 22.7 Å². The average molecular weight is 447 g/mol. The molecule has 3 rings (SSSR count). The van der Waals surface area contributed by atoms with Gasteiger partial charge in [0.05, 0.1) is 24.0 Å². The SMILES string of the molecule is CCOc1ccc(NC(=O)[C@@H]2CCCN(S(=O)(=O)c3ccc(OCC)c(C)c3)C2)cc1. The van der Waals surface area contributed by atoms with Crippen LogP contribution in [0.4, 0.5) is 5.69 Å². The second kappa shape index (κ2) is 10.2. The van der Waals surface area contributed by atoms with Gasteiger partial charge in [0, 0.05) is 18.8 Å². The third kappa shape index (κ3) is 5.57. The number of carbonyl (C=O) groups is 1. The molecule has 2 aromatic rings. The summed E-state index contributed by atoms with van der Waals surface area (Å²) in [4.78, 5) is 13.0. The molecule has 1 aliphatic heterocycles. The molecule has 168 valence electrons. The molecule has 1 saturated heterocycles. The fourth-order valence-electron chi connectivity index (χ4n) is 3.67. The van der Waals surface area contributed by atoms with Gasteiger partial charge >= 0.3 is 0 Å². The van der Waals surface area contributed by atoms with Crippen LogP contribution in [0, 0.1) is 12.8 Å². The molecule has 0 aromatic heterocycles. The second-order valence-electron chi connectivity index (χ2n) is 7.51. The Morgan fingerprint density at radius 1 is 1.10 bits per heavy atom. The van der Waals surface area contributed by atoms with Crippen LogP contribution >= 0.6 is 0 Å². The van der Waals surface area contributed by atoms with Crippen LogP contribution in [0.25, 0.3) is 0 Å². The molecule has 0 saturated carbocycles. The number of rotatable bonds is 8. The van der Waals surface area contributed by atoms with E-state index in [1.54, 1.807) is 42.5 Å². The van der Waals surface area contributed by atoms with Gasteiger partial charge in [0.15, 0.2) is 0 Å². The molecule has 7 nitrogen and oxygen atoms in total. The maximum Gasteiger partial charge on any atom is 0.243 e. The molecule has 31 heavy (non-hydrogen) atoms. The van der Waals surface area contributed by atoms with Crippen molar-refractivity contribution in [2.75, 3.05) is 31.6 Å². The lowest BCUT2D eigenvalue weighted by atomic mass is 9.99. The van der Waals surface area contributed by atoms with Crippen LogP contribution < -0.4 is 14.8 Å². The highest BCUT2D eigenvalue weighted by Crippen LogP contribution is 2.28. The van der Waals surface area contributed by atoms with E-state index in [-0.39, 0.29) is 17.3 Å². The molecule has 0 bridgehead atoms. The molecule has 0 spiro atoms. The second-order valence-corrected chi connectivity index (χ2v) is 9.45. The first kappa shape index (κ1) is 23.1. The maximum atomic E-state index is 13.2. The number of carbonyl (C=O) groups excluding carboxylic acids is 1. The van der Waals surface area contributed by atoms with Crippen molar-refractivity contribution in [2.45, 2.75) is 38.5 Å². The van der Waals surface area contributed by atoms with E-state index in [0.717, 1.165) is 11.3 Å². The topological polar surface area (TPSA) is 84.9 Å². The fraction of sp³-hybridized carbons (Fsp3) is 0.435. The quantitative estimate of drug-likeness (QED) is 0.666. The van der Waals surface area contributed by atoms with Crippen LogP contribution in [0.5, 0.6) is 11.5 Å². The Morgan fingerprint density at radius 3 is 2.45 bits per heavy atom. The van der Waals surface area contributed by atoms with Crippen LogP contribution in [-0.2, 0) is 14.8 Å². The predicted octanol–water partition coefficient (Wildman–Crippen LogP) is 3.83. The van der Waals surface area contributed by atoms with E-state index in [9.17, 15) is 13.2 Å². The standard InChI is InChI=1S/C23H30N2O5S/c1-4-29-20-10-8-19(9-11-20)24-23(26)18-7-6-14-25(16-18)31(27,28)21-12-13-22(30-5-2)17(3)15-21/h8-13,15,18H,4-7,14,16H2,1-3H3,(H,24,26)/t18-/m1/s1. The fourth-order valence-corrected chi connectivity index (χ4v) is 5.28. The molecule has 1 atom stereocenters. The molecule has 0 unspecified atom stereocenters. The van der Waals surface area contributed by atoms with Gasteiger partial charge in [-0.3, -0.25) is 4.79 Å². The number of benzene rings is 2. The van der Waals surface area contributed by atoms with Crippen molar-refractivity contribution in [1.82, 2.24) is 4.31 Å². The Hall–Kier alpha value is -2.58. The van der Waals surface area contributed by atoms with E-state index >= 15 is 0 Å². The number of anilines is 1. The molecule has 1 N–H and O–H groups in total. The highest BCUT2D eigenvalue weighted by molar-refractivity contribution is 7.89. The van der Waals surface area contributed by atoms with Gasteiger partial charge in [0.2, 0.25) is 15.9 Å². The summed E-state index contributed by atoms with van der Waals surface area (Å²) in [5.41, 5.74) is 1.43. The van der Waals surface area contributed by atoms with Gasteiger partial charge in [-0.1, -0.05) is 0 Å². The minimum absolute atomic E-state index is 0.164. The maximum absolute atomic E-state index is 13.2. The molecule has 1 heterocycles. The molecule has 1 fully saturated rings. The highest BCUT2D eigenvalue weighted by Gasteiger charge is 2.33. The Labute approximate surface area is 184 Å². The van der Waals surface area contributed by atoms with E-state index < -0.39 is 15.9 Å². The summed E-state index contributed by atoms with van der Waals surface area (Å²) in [6.07, 6.45) is 1.29. The number of sulfonamides is 1. The zero-order valence-electron chi connectivity index (χ0n) is 18.3. The number of aryl methyl sites for hydroxylation is 1. The van der Waals surface area contributed by atoms with Gasteiger partial charge in [-0.15, -0.1) is 0 Å². The normalized spacial score (nSPS) is 17.2. The Kier molecular flexibility index (Phi) is 7.56. The largest absolute Gasteiger partial charge is 0.494 e. The first-order valence-electron chi connectivity index (χ1n) is 10.6. The predicted molar refractivity (Wildman–Crippen MR) is 120 cm³/mol. The first-order valence-corrected chi connectivity index (χ1v) is 12.1. The van der Waals surface area contributed by atoms with Crippen molar-refractivity contribution in [3.05, 3.63) is 48.0 Å². The number of hydrogen-bond acceptors (Lipinski definition) is 5. The molecule has 2 aromatic carbocycles. The third-order valence-electron chi connectivity index (χ3n) is 5.27. The number of nitrogens with one attached hydrogen (secondary N) is 1. The van der Waals surface area contributed by atoms with E-state index in [1.807, 2.05) is 20.8 Å². The monoisotopic (exact) mass is 446 g/mol. The third-order valence-corrected chi connectivity index (χ3v) is 7.13. The molecular formula is C23H30N2O5S. The number of ether oxygens (including phenoxy) is 2. The number of amides is 1. The van der Waals surface area contributed by atoms with E-state index in [1.165, 1.54) is 4.31 Å². The summed E-state index contributed by atoms with van der Waals surface area (Å²) in [5.74, 6) is 0.833. The summed E-state index contributed by atoms with van der Waals surface area (Å²) in [7, 11) is -3.69. The summed E-state index contributed by atoms with van der Waals surface area (Å²) in [6.45, 7) is 7.28. The van der Waals surface area contributed by atoms with Gasteiger partial charge in [-0.05, 0) is 81.6 Å². The smallest absolute Gasteiger partial charge is 0.243 e. The zero-order chi connectivity index (χ0) is 22.4. The van der Waals surface area contributed by atoms with Gasteiger partial charge < -0.3 is 14.8 Å². The Balaban J connectivity index is 1.68. The highest BCUT2D eigenvalue weighted by atomic mass is 32.2. The van der Waals surface area contributed by atoms with E-state index in [2.05, 4.69) is 5.32 Å². The number of nitrogens with zero attached hydrogens (tertiary/aromatic N) is 1. The van der Waals surface area contributed by atoms with Crippen LogP contribution in [-0.4, -0.2) is 44.9 Å². The zero-order valence-corrected chi connectivity index (χ0v) is 19.1. The van der Waals surface area contributed by atoms with Crippen LogP contribution in [0.1, 0.15) is 32.3 Å². The molecule has 1 amide bonds. The lowest BCUT2D eigenvalue weighted by molar-refractivity contribution is -0.120. The van der Waals surface area contributed by atoms with Crippen LogP contribution in [0.2, 0.25) is 0 Å². The van der Waals surface area contributed by atoms with E-state index in [0.29, 0.717) is 44.0 Å². The van der Waals surface area contributed by atoms with Crippen molar-refractivity contribution >= 4 is 21.6 Å². The molecule has 0 aliphatic carbocycles. The molecule has 1 aliphatic rings. The van der Waals surface area contributed by atoms with Gasteiger partial charge in [-0.25, -0.2) is 8.42 Å². The molecule has 8 heteroatoms. The van der Waals surface area contributed by atoms with E-state index in [4.69, 9.17) is 9.47 Å². The summed E-state index contributed by atoms with van der Waals surface area (Å²) in [5, 5.41) is 2.89. The lowest BCUT2D eigenvalue weighted by Crippen LogP contribution is -2.43. The summed E-state index contributed by atoms with van der Waals surface area (Å²) < 4.78 is 38.7. The Morgan fingerprint density at radius 2 is 1.81 bits per heavy atom.